The number of hydrogen-bond acceptors (Lipinski definition) is 2. The van der Waals surface area contributed by atoms with Crippen molar-refractivity contribution >= 4 is 40.0 Å². The van der Waals surface area contributed by atoms with Crippen molar-refractivity contribution in [1.82, 2.24) is 10.3 Å². The number of hydrogen-bond donors (Lipinski definition) is 1. The third-order valence-electron chi connectivity index (χ3n) is 2.47. The molecule has 0 saturated heterocycles. The van der Waals surface area contributed by atoms with E-state index in [1.165, 1.54) is 0 Å². The number of pyridine rings is 1. The van der Waals surface area contributed by atoms with E-state index in [1.807, 2.05) is 6.92 Å². The van der Waals surface area contributed by atoms with Gasteiger partial charge in [0.05, 0.1) is 21.1 Å². The van der Waals surface area contributed by atoms with Crippen molar-refractivity contribution in [3.05, 3.63) is 39.5 Å². The molecule has 0 saturated carbocycles. The molecule has 2 aromatic rings. The van der Waals surface area contributed by atoms with Gasteiger partial charge in [-0.15, -0.1) is 0 Å². The van der Waals surface area contributed by atoms with Crippen molar-refractivity contribution in [1.29, 1.82) is 0 Å². The number of aryl methyl sites for hydroxylation is 1. The fraction of sp³-hybridized carbons (Fsp3) is 0.167. The summed E-state index contributed by atoms with van der Waals surface area (Å²) in [5.74, 6) is -0.168. The molecule has 0 spiro atoms. The molecular formula is C12H10Cl2N2O. The largest absolute Gasteiger partial charge is 0.355 e. The molecule has 1 aromatic heterocycles. The topological polar surface area (TPSA) is 42.0 Å². The lowest BCUT2D eigenvalue weighted by Gasteiger charge is -2.08. The Kier molecular flexibility index (Phi) is 3.22. The van der Waals surface area contributed by atoms with Gasteiger partial charge < -0.3 is 5.32 Å². The highest BCUT2D eigenvalue weighted by molar-refractivity contribution is 6.45. The molecule has 0 radical (unpaired) electrons. The second-order valence-corrected chi connectivity index (χ2v) is 4.43. The molecule has 0 aliphatic rings. The third kappa shape index (κ3) is 2.08. The van der Waals surface area contributed by atoms with Crippen LogP contribution < -0.4 is 5.32 Å². The van der Waals surface area contributed by atoms with Gasteiger partial charge in [-0.05, 0) is 19.1 Å². The Bertz CT molecular complexity index is 611. The quantitative estimate of drug-likeness (QED) is 0.863. The van der Waals surface area contributed by atoms with E-state index in [-0.39, 0.29) is 5.91 Å². The number of rotatable bonds is 1. The number of carbonyl (C=O) groups excluding carboxylic acids is 1. The Morgan fingerprint density at radius 2 is 2.06 bits per heavy atom. The molecule has 3 nitrogen and oxygen atoms in total. The molecule has 1 N–H and O–H groups in total. The van der Waals surface area contributed by atoms with Crippen LogP contribution in [0, 0.1) is 6.92 Å². The van der Waals surface area contributed by atoms with Gasteiger partial charge in [0.2, 0.25) is 0 Å². The normalized spacial score (nSPS) is 10.6. The number of nitrogens with one attached hydrogen (secondary N) is 1. The maximum atomic E-state index is 11.8. The van der Waals surface area contributed by atoms with Crippen molar-refractivity contribution < 1.29 is 4.79 Å². The van der Waals surface area contributed by atoms with E-state index in [0.29, 0.717) is 26.5 Å². The SMILES string of the molecule is CNC(=O)c1cc(C)nc2c(Cl)c(Cl)ccc12. The van der Waals surface area contributed by atoms with Crippen LogP contribution in [0.1, 0.15) is 16.1 Å². The summed E-state index contributed by atoms with van der Waals surface area (Å²) in [7, 11) is 1.58. The molecule has 1 heterocycles. The van der Waals surface area contributed by atoms with Gasteiger partial charge in [0.25, 0.3) is 5.91 Å². The number of carbonyl (C=O) groups is 1. The molecule has 88 valence electrons. The highest BCUT2D eigenvalue weighted by atomic mass is 35.5. The number of benzene rings is 1. The zero-order chi connectivity index (χ0) is 12.6. The predicted octanol–water partition coefficient (Wildman–Crippen LogP) is 3.21. The van der Waals surface area contributed by atoms with E-state index in [0.717, 1.165) is 5.69 Å². The molecule has 0 unspecified atom stereocenters. The lowest BCUT2D eigenvalue weighted by atomic mass is 10.1. The Morgan fingerprint density at radius 3 is 2.71 bits per heavy atom. The summed E-state index contributed by atoms with van der Waals surface area (Å²) in [4.78, 5) is 16.1. The van der Waals surface area contributed by atoms with Crippen LogP contribution in [0.4, 0.5) is 0 Å². The minimum absolute atomic E-state index is 0.168. The number of amides is 1. The first-order valence-electron chi connectivity index (χ1n) is 5.02. The second-order valence-electron chi connectivity index (χ2n) is 3.65. The summed E-state index contributed by atoms with van der Waals surface area (Å²) in [5, 5.41) is 4.09. The minimum Gasteiger partial charge on any atom is -0.355 e. The minimum atomic E-state index is -0.168. The van der Waals surface area contributed by atoms with Crippen LogP contribution in [0.2, 0.25) is 10.0 Å². The lowest BCUT2D eigenvalue weighted by molar-refractivity contribution is 0.0964. The van der Waals surface area contributed by atoms with Crippen molar-refractivity contribution in [3.8, 4) is 0 Å². The summed E-state index contributed by atoms with van der Waals surface area (Å²) in [5.41, 5.74) is 1.83. The molecule has 0 fully saturated rings. The highest BCUT2D eigenvalue weighted by Crippen LogP contribution is 2.31. The third-order valence-corrected chi connectivity index (χ3v) is 3.27. The number of aromatic nitrogens is 1. The van der Waals surface area contributed by atoms with Gasteiger partial charge in [-0.1, -0.05) is 29.3 Å². The maximum Gasteiger partial charge on any atom is 0.251 e. The van der Waals surface area contributed by atoms with E-state index in [2.05, 4.69) is 10.3 Å². The monoisotopic (exact) mass is 268 g/mol. The Labute approximate surface area is 109 Å². The van der Waals surface area contributed by atoms with Gasteiger partial charge in [0, 0.05) is 18.1 Å². The van der Waals surface area contributed by atoms with Crippen molar-refractivity contribution in [3.63, 3.8) is 0 Å². The first-order valence-corrected chi connectivity index (χ1v) is 5.77. The van der Waals surface area contributed by atoms with Crippen LogP contribution in [0.5, 0.6) is 0 Å². The Balaban J connectivity index is 2.86. The summed E-state index contributed by atoms with van der Waals surface area (Å²) >= 11 is 12.0. The van der Waals surface area contributed by atoms with Gasteiger partial charge in [-0.25, -0.2) is 0 Å². The smallest absolute Gasteiger partial charge is 0.251 e. The summed E-state index contributed by atoms with van der Waals surface area (Å²) < 4.78 is 0. The predicted molar refractivity (Wildman–Crippen MR) is 69.9 cm³/mol. The summed E-state index contributed by atoms with van der Waals surface area (Å²) in [6.45, 7) is 1.81. The number of halogens is 2. The molecule has 0 aliphatic heterocycles. The second kappa shape index (κ2) is 4.51. The van der Waals surface area contributed by atoms with E-state index in [9.17, 15) is 4.79 Å². The zero-order valence-electron chi connectivity index (χ0n) is 9.34. The van der Waals surface area contributed by atoms with Crippen LogP contribution in [-0.4, -0.2) is 17.9 Å². The fourth-order valence-electron chi connectivity index (χ4n) is 1.68. The van der Waals surface area contributed by atoms with Crippen LogP contribution in [0.15, 0.2) is 18.2 Å². The molecule has 2 rings (SSSR count). The maximum absolute atomic E-state index is 11.8. The fourth-order valence-corrected chi connectivity index (χ4v) is 2.04. The number of nitrogens with zero attached hydrogens (tertiary/aromatic N) is 1. The van der Waals surface area contributed by atoms with Crippen molar-refractivity contribution in [2.45, 2.75) is 6.92 Å². The van der Waals surface area contributed by atoms with Gasteiger partial charge in [-0.2, -0.15) is 0 Å². The average Bonchev–Trinajstić information content (AvgIpc) is 2.32. The van der Waals surface area contributed by atoms with Crippen molar-refractivity contribution in [2.75, 3.05) is 7.05 Å². The van der Waals surface area contributed by atoms with Gasteiger partial charge in [-0.3, -0.25) is 9.78 Å². The standard InChI is InChI=1S/C12H10Cl2N2O/c1-6-5-8(12(17)15-2)7-3-4-9(13)10(14)11(7)16-6/h3-5H,1-2H3,(H,15,17). The molecule has 5 heteroatoms. The van der Waals surface area contributed by atoms with Crippen LogP contribution in [0.25, 0.3) is 10.9 Å². The summed E-state index contributed by atoms with van der Waals surface area (Å²) in [6, 6.07) is 5.14. The summed E-state index contributed by atoms with van der Waals surface area (Å²) in [6.07, 6.45) is 0. The molecule has 1 aromatic carbocycles. The first kappa shape index (κ1) is 12.1. The Hall–Kier alpha value is -1.32. The van der Waals surface area contributed by atoms with Gasteiger partial charge >= 0.3 is 0 Å². The van der Waals surface area contributed by atoms with E-state index in [1.54, 1.807) is 25.2 Å². The van der Waals surface area contributed by atoms with Crippen LogP contribution in [0.3, 0.4) is 0 Å². The highest BCUT2D eigenvalue weighted by Gasteiger charge is 2.13. The Morgan fingerprint density at radius 1 is 1.35 bits per heavy atom. The average molecular weight is 269 g/mol. The molecule has 1 amide bonds. The molecular weight excluding hydrogens is 259 g/mol. The van der Waals surface area contributed by atoms with Crippen molar-refractivity contribution in [2.24, 2.45) is 0 Å². The molecule has 0 bridgehead atoms. The van der Waals surface area contributed by atoms with Gasteiger partial charge in [0.1, 0.15) is 0 Å². The lowest BCUT2D eigenvalue weighted by Crippen LogP contribution is -2.18. The first-order chi connectivity index (χ1) is 8.04. The van der Waals surface area contributed by atoms with Gasteiger partial charge in [0.15, 0.2) is 0 Å². The molecule has 17 heavy (non-hydrogen) atoms. The van der Waals surface area contributed by atoms with E-state index in [4.69, 9.17) is 23.2 Å². The number of fused-ring (bicyclic) bond motifs is 1. The van der Waals surface area contributed by atoms with E-state index < -0.39 is 0 Å². The molecule has 0 aliphatic carbocycles. The van der Waals surface area contributed by atoms with Crippen LogP contribution in [-0.2, 0) is 0 Å². The zero-order valence-corrected chi connectivity index (χ0v) is 10.9. The van der Waals surface area contributed by atoms with Crippen LogP contribution >= 0.6 is 23.2 Å². The molecule has 0 atom stereocenters. The van der Waals surface area contributed by atoms with E-state index >= 15 is 0 Å².